The Hall–Kier alpha value is -2.44. The summed E-state index contributed by atoms with van der Waals surface area (Å²) < 4.78 is 4.32. The van der Waals surface area contributed by atoms with Gasteiger partial charge in [0.25, 0.3) is 5.56 Å². The molecule has 0 bridgehead atoms. The van der Waals surface area contributed by atoms with Crippen LogP contribution in [0.15, 0.2) is 28.6 Å². The summed E-state index contributed by atoms with van der Waals surface area (Å²) in [6.45, 7) is 5.98. The van der Waals surface area contributed by atoms with Gasteiger partial charge in [0.2, 0.25) is 0 Å². The van der Waals surface area contributed by atoms with Crippen molar-refractivity contribution >= 4 is 16.9 Å². The lowest BCUT2D eigenvalue weighted by molar-refractivity contribution is -0.117. The van der Waals surface area contributed by atoms with Crippen LogP contribution in [0, 0.1) is 0 Å². The van der Waals surface area contributed by atoms with Crippen molar-refractivity contribution in [2.45, 2.75) is 45.7 Å². The molecule has 0 spiro atoms. The second-order valence-corrected chi connectivity index (χ2v) is 5.67. The smallest absolute Gasteiger partial charge is 0.325 e. The number of aromatic nitrogens is 4. The van der Waals surface area contributed by atoms with Gasteiger partial charge in [-0.05, 0) is 19.8 Å². The van der Waals surface area contributed by atoms with Crippen LogP contribution in [0.25, 0.3) is 11.2 Å². The van der Waals surface area contributed by atoms with E-state index in [1.165, 1.54) is 10.6 Å². The third kappa shape index (κ3) is 3.49. The number of allylic oxidation sites excluding steroid dienone is 1. The van der Waals surface area contributed by atoms with E-state index in [0.717, 1.165) is 23.8 Å². The Morgan fingerprint density at radius 3 is 2.70 bits per heavy atom. The molecule has 124 valence electrons. The van der Waals surface area contributed by atoms with E-state index in [-0.39, 0.29) is 17.9 Å². The van der Waals surface area contributed by atoms with Crippen molar-refractivity contribution in [2.75, 3.05) is 0 Å². The number of aryl methyl sites for hydroxylation is 2. The van der Waals surface area contributed by atoms with Gasteiger partial charge in [-0.25, -0.2) is 9.78 Å². The molecule has 23 heavy (non-hydrogen) atoms. The van der Waals surface area contributed by atoms with Gasteiger partial charge in [-0.3, -0.25) is 13.9 Å². The molecule has 0 saturated heterocycles. The lowest BCUT2D eigenvalue weighted by atomic mass is 10.1. The van der Waals surface area contributed by atoms with Gasteiger partial charge in [-0.1, -0.05) is 12.5 Å². The van der Waals surface area contributed by atoms with Crippen molar-refractivity contribution in [1.82, 2.24) is 18.7 Å². The summed E-state index contributed by atoms with van der Waals surface area (Å²) >= 11 is 0. The number of carbonyl (C=O) groups is 1. The molecule has 0 N–H and O–H groups in total. The van der Waals surface area contributed by atoms with E-state index in [9.17, 15) is 14.4 Å². The second-order valence-electron chi connectivity index (χ2n) is 5.67. The third-order valence-corrected chi connectivity index (χ3v) is 3.84. The predicted octanol–water partition coefficient (Wildman–Crippen LogP) is 1.23. The minimum absolute atomic E-state index is 0.172. The Morgan fingerprint density at radius 2 is 2.04 bits per heavy atom. The van der Waals surface area contributed by atoms with Crippen LogP contribution in [0.1, 0.15) is 32.6 Å². The van der Waals surface area contributed by atoms with Gasteiger partial charge in [-0.15, -0.1) is 6.58 Å². The maximum absolute atomic E-state index is 12.5. The van der Waals surface area contributed by atoms with E-state index in [0.29, 0.717) is 24.1 Å². The summed E-state index contributed by atoms with van der Waals surface area (Å²) in [5, 5.41) is 0. The zero-order valence-corrected chi connectivity index (χ0v) is 13.6. The summed E-state index contributed by atoms with van der Waals surface area (Å²) in [6, 6.07) is 0. The molecular formula is C16H22N4O3. The fourth-order valence-electron chi connectivity index (χ4n) is 2.61. The van der Waals surface area contributed by atoms with E-state index < -0.39 is 5.69 Å². The number of rotatable bonds is 8. The van der Waals surface area contributed by atoms with Crippen molar-refractivity contribution in [2.24, 2.45) is 7.05 Å². The summed E-state index contributed by atoms with van der Waals surface area (Å²) in [7, 11) is 1.61. The zero-order chi connectivity index (χ0) is 17.0. The number of ketones is 1. The molecule has 7 heteroatoms. The Kier molecular flexibility index (Phi) is 5.31. The monoisotopic (exact) mass is 318 g/mol. The molecule has 0 amide bonds. The first-order valence-corrected chi connectivity index (χ1v) is 7.72. The van der Waals surface area contributed by atoms with E-state index in [1.54, 1.807) is 24.9 Å². The summed E-state index contributed by atoms with van der Waals surface area (Å²) in [5.41, 5.74) is 0.0860. The maximum Gasteiger partial charge on any atom is 0.332 e. The molecule has 2 heterocycles. The molecule has 0 atom stereocenters. The fraction of sp³-hybridized carbons (Fsp3) is 0.500. The molecule has 0 radical (unpaired) electrons. The van der Waals surface area contributed by atoms with Gasteiger partial charge >= 0.3 is 5.69 Å². The number of carbonyl (C=O) groups excluding carboxylic acids is 1. The minimum Gasteiger partial charge on any atom is -0.325 e. The SMILES string of the molecule is C=CCn1c(=O)c2c(ncn2CCCCCC(C)=O)n(C)c1=O. The highest BCUT2D eigenvalue weighted by atomic mass is 16.2. The Balaban J connectivity index is 2.29. The fourth-order valence-corrected chi connectivity index (χ4v) is 2.61. The maximum atomic E-state index is 12.5. The molecule has 0 aliphatic carbocycles. The number of unbranched alkanes of at least 4 members (excludes halogenated alkanes) is 2. The molecule has 2 aromatic rings. The Morgan fingerprint density at radius 1 is 1.30 bits per heavy atom. The third-order valence-electron chi connectivity index (χ3n) is 3.84. The normalized spacial score (nSPS) is 11.0. The van der Waals surface area contributed by atoms with Crippen LogP contribution < -0.4 is 11.2 Å². The van der Waals surface area contributed by atoms with Crippen LogP contribution in [0.4, 0.5) is 0 Å². The zero-order valence-electron chi connectivity index (χ0n) is 13.6. The molecule has 2 aromatic heterocycles. The first-order valence-electron chi connectivity index (χ1n) is 7.72. The highest BCUT2D eigenvalue weighted by molar-refractivity contribution is 5.75. The number of Topliss-reactive ketones (excluding diaryl/α,β-unsaturated/α-hetero) is 1. The average Bonchev–Trinajstić information content (AvgIpc) is 2.93. The van der Waals surface area contributed by atoms with Crippen molar-refractivity contribution in [3.63, 3.8) is 0 Å². The number of hydrogen-bond acceptors (Lipinski definition) is 4. The lowest BCUT2D eigenvalue weighted by Crippen LogP contribution is -2.39. The molecule has 0 aromatic carbocycles. The molecule has 0 fully saturated rings. The van der Waals surface area contributed by atoms with Crippen LogP contribution in [-0.4, -0.2) is 24.5 Å². The summed E-state index contributed by atoms with van der Waals surface area (Å²) in [5.74, 6) is 0.195. The van der Waals surface area contributed by atoms with E-state index >= 15 is 0 Å². The molecule has 0 aliphatic heterocycles. The molecular weight excluding hydrogens is 296 g/mol. The predicted molar refractivity (Wildman–Crippen MR) is 88.6 cm³/mol. The lowest BCUT2D eigenvalue weighted by Gasteiger charge is -2.08. The number of imidazole rings is 1. The first kappa shape index (κ1) is 16.9. The molecule has 0 saturated carbocycles. The van der Waals surface area contributed by atoms with Crippen LogP contribution in [0.3, 0.4) is 0 Å². The largest absolute Gasteiger partial charge is 0.332 e. The highest BCUT2D eigenvalue weighted by Gasteiger charge is 2.15. The van der Waals surface area contributed by atoms with Crippen LogP contribution in [0.5, 0.6) is 0 Å². The number of nitrogens with zero attached hydrogens (tertiary/aromatic N) is 4. The van der Waals surface area contributed by atoms with Gasteiger partial charge < -0.3 is 9.36 Å². The Labute approximate surface area is 133 Å². The quantitative estimate of drug-likeness (QED) is 0.542. The van der Waals surface area contributed by atoms with Crippen LogP contribution in [-0.2, 0) is 24.9 Å². The highest BCUT2D eigenvalue weighted by Crippen LogP contribution is 2.09. The first-order chi connectivity index (χ1) is 11.0. The average molecular weight is 318 g/mol. The number of fused-ring (bicyclic) bond motifs is 1. The summed E-state index contributed by atoms with van der Waals surface area (Å²) in [6.07, 6.45) is 6.31. The van der Waals surface area contributed by atoms with Crippen LogP contribution in [0.2, 0.25) is 0 Å². The van der Waals surface area contributed by atoms with Gasteiger partial charge in [-0.2, -0.15) is 0 Å². The number of hydrogen-bond donors (Lipinski definition) is 0. The van der Waals surface area contributed by atoms with Gasteiger partial charge in [0.1, 0.15) is 5.78 Å². The van der Waals surface area contributed by atoms with Crippen molar-refractivity contribution < 1.29 is 4.79 Å². The van der Waals surface area contributed by atoms with Crippen molar-refractivity contribution in [3.8, 4) is 0 Å². The van der Waals surface area contributed by atoms with Gasteiger partial charge in [0.05, 0.1) is 6.33 Å². The standard InChI is InChI=1S/C16H22N4O3/c1-4-9-20-15(22)13-14(18(3)16(20)23)17-11-19(13)10-7-5-6-8-12(2)21/h4,11H,1,5-10H2,2-3H3. The van der Waals surface area contributed by atoms with Gasteiger partial charge in [0, 0.05) is 26.6 Å². The van der Waals surface area contributed by atoms with Crippen LogP contribution >= 0.6 is 0 Å². The van der Waals surface area contributed by atoms with E-state index in [2.05, 4.69) is 11.6 Å². The van der Waals surface area contributed by atoms with E-state index in [4.69, 9.17) is 0 Å². The Bertz CT molecular complexity index is 841. The second kappa shape index (κ2) is 7.21. The molecule has 2 rings (SSSR count). The van der Waals surface area contributed by atoms with Gasteiger partial charge in [0.15, 0.2) is 11.2 Å². The topological polar surface area (TPSA) is 78.9 Å². The van der Waals surface area contributed by atoms with E-state index in [1.807, 2.05) is 0 Å². The molecule has 7 nitrogen and oxygen atoms in total. The van der Waals surface area contributed by atoms with Crippen molar-refractivity contribution in [3.05, 3.63) is 39.8 Å². The summed E-state index contributed by atoms with van der Waals surface area (Å²) in [4.78, 5) is 39.8. The molecule has 0 unspecified atom stereocenters. The van der Waals surface area contributed by atoms with Crippen molar-refractivity contribution in [1.29, 1.82) is 0 Å². The molecule has 0 aliphatic rings. The minimum atomic E-state index is -0.394.